The van der Waals surface area contributed by atoms with Gasteiger partial charge in [0.25, 0.3) is 0 Å². The largest absolute Gasteiger partial charge is 0.469 e. The van der Waals surface area contributed by atoms with Crippen molar-refractivity contribution >= 4 is 17.3 Å². The fraction of sp³-hybridized carbons (Fsp3) is 0.409. The summed E-state index contributed by atoms with van der Waals surface area (Å²) in [5.74, 6) is 2.80. The van der Waals surface area contributed by atoms with Crippen LogP contribution in [0.25, 0.3) is 0 Å². The Hall–Kier alpha value is -2.51. The van der Waals surface area contributed by atoms with Crippen LogP contribution in [0.4, 0.5) is 0 Å². The van der Waals surface area contributed by atoms with E-state index in [0.29, 0.717) is 6.54 Å². The van der Waals surface area contributed by atoms with Crippen molar-refractivity contribution in [1.29, 1.82) is 0 Å². The number of nitrogens with one attached hydrogen (secondary N) is 2. The number of thiophene rings is 1. The molecule has 2 N–H and O–H groups in total. The maximum atomic E-state index is 5.74. The quantitative estimate of drug-likeness (QED) is 0.410. The zero-order chi connectivity index (χ0) is 19.7. The fourth-order valence-electron chi connectivity index (χ4n) is 3.63. The molecule has 1 atom stereocenters. The highest BCUT2D eigenvalue weighted by molar-refractivity contribution is 7.09. The fourth-order valence-corrected chi connectivity index (χ4v) is 4.26. The molecular formula is C22H28N4O2S. The van der Waals surface area contributed by atoms with Gasteiger partial charge in [-0.25, -0.2) is 4.99 Å². The van der Waals surface area contributed by atoms with E-state index < -0.39 is 0 Å². The maximum Gasteiger partial charge on any atom is 0.191 e. The van der Waals surface area contributed by atoms with Crippen molar-refractivity contribution in [3.63, 3.8) is 0 Å². The van der Waals surface area contributed by atoms with Crippen molar-refractivity contribution in [2.24, 2.45) is 4.99 Å². The Morgan fingerprint density at radius 3 is 2.66 bits per heavy atom. The van der Waals surface area contributed by atoms with Crippen molar-refractivity contribution in [1.82, 2.24) is 15.5 Å². The van der Waals surface area contributed by atoms with E-state index in [0.717, 1.165) is 50.1 Å². The summed E-state index contributed by atoms with van der Waals surface area (Å²) in [4.78, 5) is 8.53. The number of furan rings is 2. The second kappa shape index (κ2) is 10.3. The molecule has 0 spiro atoms. The summed E-state index contributed by atoms with van der Waals surface area (Å²) in [6, 6.07) is 12.3. The SMILES string of the molecule is c1coc(CCNC(=NCc2cccs2)NCC(c2ccco2)N2CCCC2)c1. The van der Waals surface area contributed by atoms with Crippen LogP contribution in [-0.2, 0) is 13.0 Å². The number of nitrogens with zero attached hydrogens (tertiary/aromatic N) is 2. The minimum absolute atomic E-state index is 0.214. The zero-order valence-corrected chi connectivity index (χ0v) is 17.4. The summed E-state index contributed by atoms with van der Waals surface area (Å²) in [7, 11) is 0. The monoisotopic (exact) mass is 412 g/mol. The van der Waals surface area contributed by atoms with Gasteiger partial charge in [0.2, 0.25) is 0 Å². The Balaban J connectivity index is 1.39. The van der Waals surface area contributed by atoms with Crippen LogP contribution < -0.4 is 10.6 Å². The summed E-state index contributed by atoms with van der Waals surface area (Å²) in [5, 5.41) is 9.07. The predicted octanol–water partition coefficient (Wildman–Crippen LogP) is 4.05. The predicted molar refractivity (Wildman–Crippen MR) is 116 cm³/mol. The Morgan fingerprint density at radius 2 is 1.93 bits per heavy atom. The van der Waals surface area contributed by atoms with Gasteiger partial charge in [-0.1, -0.05) is 6.07 Å². The average molecular weight is 413 g/mol. The summed E-state index contributed by atoms with van der Waals surface area (Å²) < 4.78 is 11.2. The summed E-state index contributed by atoms with van der Waals surface area (Å²) in [5.41, 5.74) is 0. The third-order valence-electron chi connectivity index (χ3n) is 5.13. The van der Waals surface area contributed by atoms with Gasteiger partial charge in [-0.05, 0) is 61.6 Å². The van der Waals surface area contributed by atoms with Gasteiger partial charge >= 0.3 is 0 Å². The third kappa shape index (κ3) is 5.74. The Labute approximate surface area is 175 Å². The summed E-state index contributed by atoms with van der Waals surface area (Å²) in [6.07, 6.45) is 6.78. The van der Waals surface area contributed by atoms with Crippen molar-refractivity contribution in [2.75, 3.05) is 26.2 Å². The lowest BCUT2D eigenvalue weighted by molar-refractivity contribution is 0.215. The Kier molecular flexibility index (Phi) is 7.04. The highest BCUT2D eigenvalue weighted by atomic mass is 32.1. The van der Waals surface area contributed by atoms with E-state index in [1.165, 1.54) is 17.7 Å². The van der Waals surface area contributed by atoms with E-state index in [-0.39, 0.29) is 6.04 Å². The Morgan fingerprint density at radius 1 is 1.07 bits per heavy atom. The lowest BCUT2D eigenvalue weighted by Crippen LogP contribution is -2.43. The molecule has 3 aromatic heterocycles. The molecule has 1 saturated heterocycles. The molecule has 1 unspecified atom stereocenters. The number of hydrogen-bond acceptors (Lipinski definition) is 5. The van der Waals surface area contributed by atoms with Gasteiger partial charge in [-0.2, -0.15) is 0 Å². The second-order valence-electron chi connectivity index (χ2n) is 7.16. The minimum atomic E-state index is 0.214. The summed E-state index contributed by atoms with van der Waals surface area (Å²) in [6.45, 7) is 4.41. The van der Waals surface area contributed by atoms with Gasteiger partial charge in [-0.3, -0.25) is 4.90 Å². The highest BCUT2D eigenvalue weighted by Crippen LogP contribution is 2.24. The van der Waals surface area contributed by atoms with Crippen molar-refractivity contribution in [3.05, 3.63) is 70.7 Å². The Bertz CT molecular complexity index is 838. The number of guanidine groups is 1. The van der Waals surface area contributed by atoms with Crippen molar-refractivity contribution < 1.29 is 8.83 Å². The first-order valence-electron chi connectivity index (χ1n) is 10.2. The van der Waals surface area contributed by atoms with Gasteiger partial charge < -0.3 is 19.5 Å². The zero-order valence-electron chi connectivity index (χ0n) is 16.5. The van der Waals surface area contributed by atoms with Crippen LogP contribution in [0, 0.1) is 0 Å². The molecule has 6 nitrogen and oxygen atoms in total. The van der Waals surface area contributed by atoms with E-state index in [1.807, 2.05) is 18.2 Å². The highest BCUT2D eigenvalue weighted by Gasteiger charge is 2.25. The molecule has 1 aliphatic heterocycles. The molecule has 4 rings (SSSR count). The molecule has 0 bridgehead atoms. The molecule has 4 heterocycles. The molecule has 0 saturated carbocycles. The number of rotatable bonds is 9. The average Bonchev–Trinajstić information content (AvgIpc) is 3.55. The lowest BCUT2D eigenvalue weighted by Gasteiger charge is -2.26. The molecule has 0 radical (unpaired) electrons. The standard InChI is InChI=1S/C22H28N4O2S/c1-2-12-26(11-1)20(21-8-4-14-28-21)17-25-22(24-16-19-7-5-15-29-19)23-10-9-18-6-3-13-27-18/h3-8,13-15,20H,1-2,9-12,16-17H2,(H2,23,24,25). The van der Waals surface area contributed by atoms with Crippen LogP contribution in [0.5, 0.6) is 0 Å². The molecule has 154 valence electrons. The number of aliphatic imine (C=N–C) groups is 1. The van der Waals surface area contributed by atoms with Crippen LogP contribution in [0.15, 0.2) is 68.1 Å². The number of likely N-dealkylation sites (tertiary alicyclic amines) is 1. The van der Waals surface area contributed by atoms with E-state index in [4.69, 9.17) is 13.8 Å². The molecule has 7 heteroatoms. The van der Waals surface area contributed by atoms with Crippen LogP contribution in [0.3, 0.4) is 0 Å². The van der Waals surface area contributed by atoms with Crippen LogP contribution >= 0.6 is 11.3 Å². The van der Waals surface area contributed by atoms with Crippen LogP contribution in [0.1, 0.15) is 35.3 Å². The van der Waals surface area contributed by atoms with E-state index >= 15 is 0 Å². The third-order valence-corrected chi connectivity index (χ3v) is 5.99. The van der Waals surface area contributed by atoms with Gasteiger partial charge in [0.15, 0.2) is 5.96 Å². The van der Waals surface area contributed by atoms with E-state index in [1.54, 1.807) is 23.9 Å². The topological polar surface area (TPSA) is 65.9 Å². The van der Waals surface area contributed by atoms with Crippen molar-refractivity contribution in [3.8, 4) is 0 Å². The molecule has 1 fully saturated rings. The molecule has 3 aromatic rings. The van der Waals surface area contributed by atoms with Crippen LogP contribution in [-0.4, -0.2) is 37.0 Å². The number of hydrogen-bond donors (Lipinski definition) is 2. The summed E-state index contributed by atoms with van der Waals surface area (Å²) >= 11 is 1.73. The van der Waals surface area contributed by atoms with Gasteiger partial charge in [0, 0.05) is 24.4 Å². The lowest BCUT2D eigenvalue weighted by atomic mass is 10.2. The van der Waals surface area contributed by atoms with Crippen molar-refractivity contribution in [2.45, 2.75) is 31.8 Å². The van der Waals surface area contributed by atoms with Gasteiger partial charge in [0.1, 0.15) is 11.5 Å². The first-order valence-corrected chi connectivity index (χ1v) is 11.1. The molecule has 0 aromatic carbocycles. The van der Waals surface area contributed by atoms with Gasteiger partial charge in [0.05, 0.1) is 25.1 Å². The molecule has 29 heavy (non-hydrogen) atoms. The van der Waals surface area contributed by atoms with Gasteiger partial charge in [-0.15, -0.1) is 11.3 Å². The minimum Gasteiger partial charge on any atom is -0.469 e. The van der Waals surface area contributed by atoms with E-state index in [9.17, 15) is 0 Å². The first kappa shape index (κ1) is 19.8. The maximum absolute atomic E-state index is 5.74. The normalized spacial score (nSPS) is 16.2. The molecule has 1 aliphatic rings. The van der Waals surface area contributed by atoms with E-state index in [2.05, 4.69) is 39.1 Å². The van der Waals surface area contributed by atoms with Crippen LogP contribution in [0.2, 0.25) is 0 Å². The molecular weight excluding hydrogens is 384 g/mol. The second-order valence-corrected chi connectivity index (χ2v) is 8.19. The molecule has 0 amide bonds. The molecule has 0 aliphatic carbocycles. The smallest absolute Gasteiger partial charge is 0.191 e. The first-order chi connectivity index (χ1) is 14.4.